The van der Waals surface area contributed by atoms with E-state index in [1.807, 2.05) is 12.1 Å². The van der Waals surface area contributed by atoms with Crippen LogP contribution in [-0.4, -0.2) is 4.57 Å². The van der Waals surface area contributed by atoms with Crippen LogP contribution in [0.5, 0.6) is 0 Å². The Bertz CT molecular complexity index is 2350. The summed E-state index contributed by atoms with van der Waals surface area (Å²) in [4.78, 5) is 0. The van der Waals surface area contributed by atoms with Crippen LogP contribution < -0.4 is 4.57 Å². The molecule has 43 heavy (non-hydrogen) atoms. The average Bonchev–Trinajstić information content (AvgIpc) is 3.64. The monoisotopic (exact) mass is 563 g/mol. The Balaban J connectivity index is 1.52. The van der Waals surface area contributed by atoms with Gasteiger partial charge in [-0.25, -0.2) is 4.57 Å². The molecule has 0 unspecified atom stereocenters. The van der Waals surface area contributed by atoms with Gasteiger partial charge in [0.15, 0.2) is 16.6 Å². The molecule has 0 aliphatic rings. The summed E-state index contributed by atoms with van der Waals surface area (Å²) in [5.41, 5.74) is 12.1. The summed E-state index contributed by atoms with van der Waals surface area (Å²) in [7, 11) is 2.18. The minimum absolute atomic E-state index is 0.362. The van der Waals surface area contributed by atoms with Crippen LogP contribution in [-0.2, 0) is 7.05 Å². The summed E-state index contributed by atoms with van der Waals surface area (Å²) >= 11 is 0. The summed E-state index contributed by atoms with van der Waals surface area (Å²) in [6, 6.07) is 32.5. The maximum Gasteiger partial charge on any atom is 0.299 e. The molecule has 0 spiro atoms. The molecule has 0 bridgehead atoms. The van der Waals surface area contributed by atoms with Crippen LogP contribution in [0.15, 0.2) is 99.8 Å². The molecule has 0 N–H and O–H groups in total. The van der Waals surface area contributed by atoms with Crippen molar-refractivity contribution < 1.29 is 13.4 Å². The van der Waals surface area contributed by atoms with Gasteiger partial charge in [0, 0.05) is 38.7 Å². The van der Waals surface area contributed by atoms with Crippen LogP contribution in [0, 0.1) is 6.92 Å². The lowest BCUT2D eigenvalue weighted by Crippen LogP contribution is -2.30. The zero-order valence-electron chi connectivity index (χ0n) is 25.5. The molecule has 0 aliphatic carbocycles. The van der Waals surface area contributed by atoms with Gasteiger partial charge in [0.1, 0.15) is 28.0 Å². The van der Waals surface area contributed by atoms with Crippen molar-refractivity contribution in [2.24, 2.45) is 7.05 Å². The van der Waals surface area contributed by atoms with Gasteiger partial charge in [0.25, 0.3) is 5.82 Å². The molecule has 4 heteroatoms. The molecule has 8 aromatic rings. The second kappa shape index (κ2) is 9.34. The number of para-hydroxylation sites is 4. The van der Waals surface area contributed by atoms with Crippen molar-refractivity contribution in [3.63, 3.8) is 0 Å². The average molecular weight is 564 g/mol. The fraction of sp³-hybridized carbons (Fsp3) is 0.205. The lowest BCUT2D eigenvalue weighted by molar-refractivity contribution is -0.633. The minimum atomic E-state index is 0.362. The predicted octanol–water partition coefficient (Wildman–Crippen LogP) is 10.5. The SMILES string of the molecule is Cc1ccc2c(oc3cc4oc5ccccc5c4cc32)c1-c1n(-c2c(C(C)C)cccc2C(C)C)c2ccccc2[n+]1C. The Kier molecular flexibility index (Phi) is 5.61. The van der Waals surface area contributed by atoms with Crippen LogP contribution in [0.1, 0.15) is 56.2 Å². The molecular weight excluding hydrogens is 528 g/mol. The first-order valence-corrected chi connectivity index (χ1v) is 15.2. The number of nitrogens with zero attached hydrogens (tertiary/aromatic N) is 2. The highest BCUT2D eigenvalue weighted by atomic mass is 16.3. The number of imidazole rings is 1. The number of furan rings is 2. The largest absolute Gasteiger partial charge is 0.456 e. The molecule has 0 amide bonds. The molecule has 0 saturated heterocycles. The predicted molar refractivity (Wildman–Crippen MR) is 177 cm³/mol. The van der Waals surface area contributed by atoms with Crippen molar-refractivity contribution in [2.75, 3.05) is 0 Å². The number of benzene rings is 5. The Labute approximate surface area is 250 Å². The van der Waals surface area contributed by atoms with Gasteiger partial charge in [-0.05, 0) is 48.6 Å². The van der Waals surface area contributed by atoms with E-state index in [0.29, 0.717) is 11.8 Å². The van der Waals surface area contributed by atoms with Crippen LogP contribution in [0.25, 0.3) is 72.0 Å². The molecule has 0 atom stereocenters. The lowest BCUT2D eigenvalue weighted by Gasteiger charge is -2.18. The molecular formula is C39H35N2O2+. The topological polar surface area (TPSA) is 35.1 Å². The van der Waals surface area contributed by atoms with Gasteiger partial charge in [0.2, 0.25) is 0 Å². The van der Waals surface area contributed by atoms with Gasteiger partial charge >= 0.3 is 0 Å². The Morgan fingerprint density at radius 3 is 2.07 bits per heavy atom. The first-order valence-electron chi connectivity index (χ1n) is 15.2. The summed E-state index contributed by atoms with van der Waals surface area (Å²) in [5.74, 6) is 1.84. The summed E-state index contributed by atoms with van der Waals surface area (Å²) in [6.45, 7) is 11.4. The Morgan fingerprint density at radius 1 is 0.628 bits per heavy atom. The van der Waals surface area contributed by atoms with E-state index in [1.165, 1.54) is 33.4 Å². The number of fused-ring (bicyclic) bond motifs is 7. The van der Waals surface area contributed by atoms with E-state index in [2.05, 4.69) is 130 Å². The normalized spacial score (nSPS) is 12.4. The molecule has 0 aliphatic heterocycles. The van der Waals surface area contributed by atoms with Gasteiger partial charge in [0.05, 0.1) is 7.05 Å². The summed E-state index contributed by atoms with van der Waals surface area (Å²) < 4.78 is 17.9. The quantitative estimate of drug-likeness (QED) is 0.200. The van der Waals surface area contributed by atoms with Crippen molar-refractivity contribution in [3.8, 4) is 17.1 Å². The van der Waals surface area contributed by atoms with Crippen molar-refractivity contribution in [1.82, 2.24) is 4.57 Å². The first-order chi connectivity index (χ1) is 20.8. The molecule has 0 saturated carbocycles. The second-order valence-corrected chi connectivity index (χ2v) is 12.5. The Hall–Kier alpha value is -4.83. The van der Waals surface area contributed by atoms with Crippen molar-refractivity contribution in [3.05, 3.63) is 108 Å². The van der Waals surface area contributed by atoms with E-state index >= 15 is 0 Å². The number of hydrogen-bond donors (Lipinski definition) is 0. The van der Waals surface area contributed by atoms with Gasteiger partial charge < -0.3 is 8.83 Å². The third-order valence-electron chi connectivity index (χ3n) is 9.15. The van der Waals surface area contributed by atoms with E-state index in [-0.39, 0.29) is 0 Å². The molecule has 0 fully saturated rings. The van der Waals surface area contributed by atoms with Gasteiger partial charge in [-0.1, -0.05) is 88.4 Å². The minimum Gasteiger partial charge on any atom is -0.456 e. The van der Waals surface area contributed by atoms with Gasteiger partial charge in [-0.15, -0.1) is 0 Å². The fourth-order valence-corrected chi connectivity index (χ4v) is 7.03. The van der Waals surface area contributed by atoms with Crippen LogP contribution in [0.2, 0.25) is 0 Å². The van der Waals surface area contributed by atoms with Gasteiger partial charge in [-0.3, -0.25) is 0 Å². The lowest BCUT2D eigenvalue weighted by atomic mass is 9.92. The number of aryl methyl sites for hydroxylation is 2. The highest BCUT2D eigenvalue weighted by Crippen LogP contribution is 2.43. The molecule has 8 rings (SSSR count). The highest BCUT2D eigenvalue weighted by molar-refractivity contribution is 6.17. The van der Waals surface area contributed by atoms with Crippen molar-refractivity contribution >= 4 is 54.9 Å². The van der Waals surface area contributed by atoms with E-state index in [9.17, 15) is 0 Å². The smallest absolute Gasteiger partial charge is 0.299 e. The van der Waals surface area contributed by atoms with E-state index in [0.717, 1.165) is 55.3 Å². The second-order valence-electron chi connectivity index (χ2n) is 12.5. The van der Waals surface area contributed by atoms with E-state index in [1.54, 1.807) is 0 Å². The van der Waals surface area contributed by atoms with Crippen molar-refractivity contribution in [2.45, 2.75) is 46.5 Å². The highest BCUT2D eigenvalue weighted by Gasteiger charge is 2.33. The summed E-state index contributed by atoms with van der Waals surface area (Å²) in [6.07, 6.45) is 0. The summed E-state index contributed by atoms with van der Waals surface area (Å²) in [5, 5.41) is 4.45. The first kappa shape index (κ1) is 25.8. The number of hydrogen-bond acceptors (Lipinski definition) is 2. The maximum atomic E-state index is 6.83. The third-order valence-corrected chi connectivity index (χ3v) is 9.15. The maximum absolute atomic E-state index is 6.83. The van der Waals surface area contributed by atoms with E-state index < -0.39 is 0 Å². The third kappa shape index (κ3) is 3.65. The molecule has 212 valence electrons. The zero-order valence-corrected chi connectivity index (χ0v) is 25.5. The molecule has 3 heterocycles. The standard InChI is InChI=1S/C39H35N2O2/c1-22(2)25-13-11-14-26(23(3)4)37(25)41-32-16-9-8-15-31(32)40(6)39(41)36-24(5)18-19-28-30-20-29-27-12-7-10-17-33(27)42-34(29)21-35(30)43-38(28)36/h7-23H,1-6H3/q+1. The fourth-order valence-electron chi connectivity index (χ4n) is 7.03. The molecule has 3 aromatic heterocycles. The van der Waals surface area contributed by atoms with Crippen LogP contribution in [0.4, 0.5) is 0 Å². The molecule has 4 nitrogen and oxygen atoms in total. The zero-order chi connectivity index (χ0) is 29.6. The van der Waals surface area contributed by atoms with Crippen LogP contribution in [0.3, 0.4) is 0 Å². The van der Waals surface area contributed by atoms with Gasteiger partial charge in [-0.2, -0.15) is 4.57 Å². The van der Waals surface area contributed by atoms with Crippen LogP contribution >= 0.6 is 0 Å². The number of rotatable bonds is 4. The number of aromatic nitrogens is 2. The van der Waals surface area contributed by atoms with Crippen molar-refractivity contribution in [1.29, 1.82) is 0 Å². The van der Waals surface area contributed by atoms with E-state index in [4.69, 9.17) is 8.83 Å². The molecule has 0 radical (unpaired) electrons. The Morgan fingerprint density at radius 2 is 1.30 bits per heavy atom. The molecule has 5 aromatic carbocycles.